The van der Waals surface area contributed by atoms with Gasteiger partial charge in [-0.25, -0.2) is 14.8 Å². The maximum atomic E-state index is 12.6. The van der Waals surface area contributed by atoms with Crippen LogP contribution in [0.1, 0.15) is 25.3 Å². The third-order valence-electron chi connectivity index (χ3n) is 5.64. The summed E-state index contributed by atoms with van der Waals surface area (Å²) in [6.07, 6.45) is 8.09. The number of piperidine rings is 1. The van der Waals surface area contributed by atoms with Gasteiger partial charge < -0.3 is 14.6 Å². The number of imidazole rings is 1. The van der Waals surface area contributed by atoms with Crippen molar-refractivity contribution < 1.29 is 9.53 Å². The number of hydrogen-bond donors (Lipinski definition) is 1. The number of likely N-dealkylation sites (tertiary alicyclic amines) is 1. The summed E-state index contributed by atoms with van der Waals surface area (Å²) in [5.74, 6) is 2.12. The van der Waals surface area contributed by atoms with Gasteiger partial charge in [0.05, 0.1) is 5.03 Å². The molecule has 1 fully saturated rings. The van der Waals surface area contributed by atoms with Crippen LogP contribution in [0.15, 0.2) is 71.2 Å². The lowest BCUT2D eigenvalue weighted by molar-refractivity contribution is 0.131. The van der Waals surface area contributed by atoms with Crippen molar-refractivity contribution in [2.75, 3.05) is 18.8 Å². The van der Waals surface area contributed by atoms with Gasteiger partial charge in [-0.3, -0.25) is 0 Å². The minimum absolute atomic E-state index is 0.256. The summed E-state index contributed by atoms with van der Waals surface area (Å²) >= 11 is 3.51. The maximum Gasteiger partial charge on any atom is 0.415 e. The first-order chi connectivity index (χ1) is 15.7. The highest BCUT2D eigenvalue weighted by molar-refractivity contribution is 7.99. The van der Waals surface area contributed by atoms with Crippen molar-refractivity contribution in [3.05, 3.63) is 66.6 Å². The highest BCUT2D eigenvalue weighted by atomic mass is 32.2. The van der Waals surface area contributed by atoms with E-state index in [2.05, 4.69) is 21.9 Å². The summed E-state index contributed by atoms with van der Waals surface area (Å²) in [5.41, 5.74) is 1.22. The van der Waals surface area contributed by atoms with Gasteiger partial charge in [0.2, 0.25) is 0 Å². The van der Waals surface area contributed by atoms with Crippen LogP contribution in [-0.2, 0) is 6.42 Å². The lowest BCUT2D eigenvalue weighted by atomic mass is 9.94. The Kier molecular flexibility index (Phi) is 8.12. The molecule has 1 aliphatic heterocycles. The molecule has 0 radical (unpaired) electrons. The molecule has 8 heteroatoms. The zero-order valence-electron chi connectivity index (χ0n) is 18.1. The van der Waals surface area contributed by atoms with Gasteiger partial charge in [0.1, 0.15) is 5.75 Å². The predicted molar refractivity (Wildman–Crippen MR) is 129 cm³/mol. The number of pyridine rings is 1. The maximum absolute atomic E-state index is 12.6. The van der Waals surface area contributed by atoms with Gasteiger partial charge >= 0.3 is 6.09 Å². The van der Waals surface area contributed by atoms with Crippen LogP contribution in [0, 0.1) is 5.92 Å². The van der Waals surface area contributed by atoms with E-state index in [0.717, 1.165) is 48.3 Å². The standard InChI is InChI=1S/C24H28N4O2S2/c1-18(32-23-26-13-14-27-23)20-9-15-28(16-10-20)24(29)30-21-7-5-19(6-8-21)11-17-31-22-4-2-3-12-25-22/h2-8,12-14,18,20H,9-11,15-17H2,1H3,(H,26,27). The number of carbonyl (C=O) groups is 1. The van der Waals surface area contributed by atoms with Gasteiger partial charge in [-0.05, 0) is 55.0 Å². The van der Waals surface area contributed by atoms with E-state index in [1.54, 1.807) is 29.7 Å². The largest absolute Gasteiger partial charge is 0.415 e. The lowest BCUT2D eigenvalue weighted by Crippen LogP contribution is -2.41. The van der Waals surface area contributed by atoms with Crippen LogP contribution in [0.25, 0.3) is 0 Å². The molecule has 6 nitrogen and oxygen atoms in total. The number of thioether (sulfide) groups is 2. The van der Waals surface area contributed by atoms with Crippen molar-refractivity contribution in [2.45, 2.75) is 41.6 Å². The number of aromatic nitrogens is 3. The van der Waals surface area contributed by atoms with E-state index in [1.165, 1.54) is 5.56 Å². The number of benzene rings is 1. The van der Waals surface area contributed by atoms with Crippen LogP contribution in [-0.4, -0.2) is 50.0 Å². The van der Waals surface area contributed by atoms with E-state index in [0.29, 0.717) is 16.9 Å². The zero-order valence-corrected chi connectivity index (χ0v) is 19.8. The minimum Gasteiger partial charge on any atom is -0.410 e. The fourth-order valence-electron chi connectivity index (χ4n) is 3.73. The molecule has 32 heavy (non-hydrogen) atoms. The van der Waals surface area contributed by atoms with Gasteiger partial charge in [-0.2, -0.15) is 0 Å². The monoisotopic (exact) mass is 468 g/mol. The second kappa shape index (κ2) is 11.4. The molecule has 3 heterocycles. The van der Waals surface area contributed by atoms with Gasteiger partial charge in [-0.1, -0.05) is 36.9 Å². The van der Waals surface area contributed by atoms with Crippen LogP contribution in [0.5, 0.6) is 5.75 Å². The van der Waals surface area contributed by atoms with E-state index in [1.807, 2.05) is 59.8 Å². The van der Waals surface area contributed by atoms with E-state index in [4.69, 9.17) is 4.74 Å². The molecule has 2 aromatic heterocycles. The summed E-state index contributed by atoms with van der Waals surface area (Å²) in [6, 6.07) is 13.8. The normalized spacial score (nSPS) is 15.5. The average molecular weight is 469 g/mol. The number of aromatic amines is 1. The van der Waals surface area contributed by atoms with E-state index < -0.39 is 0 Å². The number of nitrogens with zero attached hydrogens (tertiary/aromatic N) is 3. The van der Waals surface area contributed by atoms with Crippen LogP contribution in [0.4, 0.5) is 4.79 Å². The Morgan fingerprint density at radius 2 is 1.97 bits per heavy atom. The summed E-state index contributed by atoms with van der Waals surface area (Å²) < 4.78 is 5.62. The quantitative estimate of drug-likeness (QED) is 0.438. The van der Waals surface area contributed by atoms with Gasteiger partial charge in [0.25, 0.3) is 0 Å². The first-order valence-corrected chi connectivity index (χ1v) is 12.8. The highest BCUT2D eigenvalue weighted by Gasteiger charge is 2.28. The van der Waals surface area contributed by atoms with Crippen molar-refractivity contribution in [3.8, 4) is 5.75 Å². The Morgan fingerprint density at radius 1 is 1.16 bits per heavy atom. The zero-order chi connectivity index (χ0) is 22.2. The molecule has 1 atom stereocenters. The molecule has 1 saturated heterocycles. The van der Waals surface area contributed by atoms with Crippen molar-refractivity contribution in [1.82, 2.24) is 19.9 Å². The number of H-pyrrole nitrogens is 1. The number of aryl methyl sites for hydroxylation is 1. The summed E-state index contributed by atoms with van der Waals surface area (Å²) in [7, 11) is 0. The van der Waals surface area contributed by atoms with E-state index in [-0.39, 0.29) is 6.09 Å². The molecule has 1 aliphatic rings. The third kappa shape index (κ3) is 6.53. The Hall–Kier alpha value is -2.45. The fourth-order valence-corrected chi connectivity index (χ4v) is 5.67. The Bertz CT molecular complexity index is 959. The molecule has 1 aromatic carbocycles. The number of nitrogens with one attached hydrogen (secondary N) is 1. The Morgan fingerprint density at radius 3 is 2.66 bits per heavy atom. The van der Waals surface area contributed by atoms with Crippen molar-refractivity contribution >= 4 is 29.6 Å². The summed E-state index contributed by atoms with van der Waals surface area (Å²) in [5, 5.41) is 2.46. The van der Waals surface area contributed by atoms with Crippen molar-refractivity contribution in [2.24, 2.45) is 5.92 Å². The average Bonchev–Trinajstić information content (AvgIpc) is 3.34. The summed E-state index contributed by atoms with van der Waals surface area (Å²) in [4.78, 5) is 26.2. The first-order valence-electron chi connectivity index (χ1n) is 10.9. The smallest absolute Gasteiger partial charge is 0.410 e. The van der Waals surface area contributed by atoms with Crippen LogP contribution < -0.4 is 4.74 Å². The van der Waals surface area contributed by atoms with Crippen LogP contribution >= 0.6 is 23.5 Å². The molecule has 3 aromatic rings. The van der Waals surface area contributed by atoms with E-state index in [9.17, 15) is 4.79 Å². The van der Waals surface area contributed by atoms with E-state index >= 15 is 0 Å². The second-order valence-corrected chi connectivity index (χ2v) is 10.3. The molecule has 1 amide bonds. The topological polar surface area (TPSA) is 71.1 Å². The second-order valence-electron chi connectivity index (χ2n) is 7.82. The third-order valence-corrected chi connectivity index (χ3v) is 7.79. The lowest BCUT2D eigenvalue weighted by Gasteiger charge is -2.33. The van der Waals surface area contributed by atoms with Gasteiger partial charge in [0, 0.05) is 42.7 Å². The molecule has 1 unspecified atom stereocenters. The SMILES string of the molecule is CC(Sc1ncc[nH]1)C1CCN(C(=O)Oc2ccc(CCSc3ccccn3)cc2)CC1. The molecule has 0 saturated carbocycles. The van der Waals surface area contributed by atoms with Gasteiger partial charge in [-0.15, -0.1) is 11.8 Å². The number of carbonyl (C=O) groups excluding carboxylic acids is 1. The predicted octanol–water partition coefficient (Wildman–Crippen LogP) is 5.53. The fraction of sp³-hybridized carbons (Fsp3) is 0.375. The summed E-state index contributed by atoms with van der Waals surface area (Å²) in [6.45, 7) is 3.70. The molecule has 0 spiro atoms. The van der Waals surface area contributed by atoms with Crippen LogP contribution in [0.3, 0.4) is 0 Å². The molecular weight excluding hydrogens is 440 g/mol. The minimum atomic E-state index is -0.256. The molecule has 168 valence electrons. The number of hydrogen-bond acceptors (Lipinski definition) is 6. The van der Waals surface area contributed by atoms with Crippen molar-refractivity contribution in [3.63, 3.8) is 0 Å². The Labute approximate surface area is 197 Å². The molecular formula is C24H28N4O2S2. The molecule has 4 rings (SSSR count). The molecule has 0 bridgehead atoms. The van der Waals surface area contributed by atoms with Crippen molar-refractivity contribution in [1.29, 1.82) is 0 Å². The number of ether oxygens (including phenoxy) is 1. The van der Waals surface area contributed by atoms with Crippen LogP contribution in [0.2, 0.25) is 0 Å². The Balaban J connectivity index is 1.18. The first kappa shape index (κ1) is 22.7. The van der Waals surface area contributed by atoms with Gasteiger partial charge in [0.15, 0.2) is 5.16 Å². The number of amides is 1. The molecule has 0 aliphatic carbocycles. The highest BCUT2D eigenvalue weighted by Crippen LogP contribution is 2.32. The molecule has 1 N–H and O–H groups in total. The number of rotatable bonds is 8.